The zero-order valence-corrected chi connectivity index (χ0v) is 14.0. The maximum atomic E-state index is 13.2. The fourth-order valence-corrected chi connectivity index (χ4v) is 2.08. The highest BCUT2D eigenvalue weighted by atomic mass is 35.5. The van der Waals surface area contributed by atoms with Crippen LogP contribution in [0.5, 0.6) is 11.5 Å². The lowest BCUT2D eigenvalue weighted by Crippen LogP contribution is -2.34. The third kappa shape index (κ3) is 6.17. The van der Waals surface area contributed by atoms with Gasteiger partial charge in [-0.15, -0.1) is 25.6 Å². The molecule has 1 atom stereocenters. The van der Waals surface area contributed by atoms with Gasteiger partial charge in [-0.25, -0.2) is 0 Å². The highest BCUT2D eigenvalue weighted by molar-refractivity contribution is 5.85. The van der Waals surface area contributed by atoms with Crippen LogP contribution in [0.15, 0.2) is 48.5 Å². The van der Waals surface area contributed by atoms with E-state index in [1.165, 1.54) is 30.3 Å². The van der Waals surface area contributed by atoms with Crippen molar-refractivity contribution in [1.82, 2.24) is 0 Å². The summed E-state index contributed by atoms with van der Waals surface area (Å²) in [5.74, 6) is -1.07. The molecule has 0 aliphatic rings. The second-order valence-corrected chi connectivity index (χ2v) is 5.10. The van der Waals surface area contributed by atoms with E-state index in [-0.39, 0.29) is 23.5 Å². The average molecular weight is 420 g/mol. The second-order valence-electron chi connectivity index (χ2n) is 5.10. The molecule has 27 heavy (non-hydrogen) atoms. The maximum absolute atomic E-state index is 13.2. The van der Waals surface area contributed by atoms with E-state index in [4.69, 9.17) is 5.73 Å². The molecule has 2 N–H and O–H groups in total. The van der Waals surface area contributed by atoms with Gasteiger partial charge in [0.1, 0.15) is 11.5 Å². The van der Waals surface area contributed by atoms with Crippen LogP contribution in [0, 0.1) is 0 Å². The van der Waals surface area contributed by atoms with Crippen LogP contribution < -0.4 is 15.2 Å². The normalized spacial score (nSPS) is 13.1. The maximum Gasteiger partial charge on any atom is 0.573 e. The van der Waals surface area contributed by atoms with Crippen molar-refractivity contribution in [3.8, 4) is 11.5 Å². The molecule has 0 radical (unpaired) electrons. The van der Waals surface area contributed by atoms with Crippen molar-refractivity contribution >= 4 is 12.4 Å². The largest absolute Gasteiger partial charge is 0.573 e. The van der Waals surface area contributed by atoms with Gasteiger partial charge in [0.05, 0.1) is 6.04 Å². The van der Waals surface area contributed by atoms with E-state index >= 15 is 0 Å². The van der Waals surface area contributed by atoms with Crippen molar-refractivity contribution < 1.29 is 40.2 Å². The van der Waals surface area contributed by atoms with Crippen molar-refractivity contribution in [2.45, 2.75) is 24.9 Å². The van der Waals surface area contributed by atoms with Crippen LogP contribution in [-0.2, 0) is 0 Å². The standard InChI is InChI=1S/C16H12F7NO2.ClH/c17-14(18)15(19,20)26-12-4-2-1-3-11(12)13(24)9-5-7-10(8-6-9)25-16(21,22)23;/h1-8,13-14H,24H2;1H/t13-;/m0./s1. The zero-order chi connectivity index (χ0) is 19.5. The number of benzene rings is 2. The predicted octanol–water partition coefficient (Wildman–Crippen LogP) is 5.29. The molecule has 0 bridgehead atoms. The molecule has 0 aliphatic carbocycles. The fraction of sp³-hybridized carbons (Fsp3) is 0.250. The van der Waals surface area contributed by atoms with E-state index in [1.807, 2.05) is 0 Å². The topological polar surface area (TPSA) is 44.5 Å². The molecule has 0 fully saturated rings. The monoisotopic (exact) mass is 419 g/mol. The zero-order valence-electron chi connectivity index (χ0n) is 13.2. The Bertz CT molecular complexity index is 738. The lowest BCUT2D eigenvalue weighted by Gasteiger charge is -2.22. The van der Waals surface area contributed by atoms with Gasteiger partial charge < -0.3 is 15.2 Å². The number of halogens is 8. The summed E-state index contributed by atoms with van der Waals surface area (Å²) in [7, 11) is 0. The van der Waals surface area contributed by atoms with Crippen LogP contribution in [0.3, 0.4) is 0 Å². The smallest absolute Gasteiger partial charge is 0.428 e. The number of nitrogens with two attached hydrogens (primary N) is 1. The van der Waals surface area contributed by atoms with Gasteiger partial charge >= 0.3 is 18.9 Å². The molecule has 0 heterocycles. The molecule has 0 spiro atoms. The number of hydrogen-bond acceptors (Lipinski definition) is 3. The molecule has 2 aromatic carbocycles. The molecule has 0 saturated heterocycles. The van der Waals surface area contributed by atoms with Gasteiger partial charge in [-0.1, -0.05) is 30.3 Å². The van der Waals surface area contributed by atoms with E-state index in [0.29, 0.717) is 0 Å². The van der Waals surface area contributed by atoms with Crippen molar-refractivity contribution in [1.29, 1.82) is 0 Å². The van der Waals surface area contributed by atoms with Gasteiger partial charge in [-0.3, -0.25) is 0 Å². The number of para-hydroxylation sites is 1. The van der Waals surface area contributed by atoms with Crippen LogP contribution in [0.4, 0.5) is 30.7 Å². The summed E-state index contributed by atoms with van der Waals surface area (Å²) in [5, 5.41) is 0. The quantitative estimate of drug-likeness (QED) is 0.647. The number of rotatable bonds is 6. The van der Waals surface area contributed by atoms with E-state index in [9.17, 15) is 30.7 Å². The first-order valence-electron chi connectivity index (χ1n) is 7.05. The number of ether oxygens (including phenoxy) is 2. The Morgan fingerprint density at radius 1 is 0.815 bits per heavy atom. The van der Waals surface area contributed by atoms with Gasteiger partial charge in [0.2, 0.25) is 0 Å². The fourth-order valence-electron chi connectivity index (χ4n) is 2.08. The Morgan fingerprint density at radius 2 is 1.37 bits per heavy atom. The Morgan fingerprint density at radius 3 is 1.89 bits per heavy atom. The van der Waals surface area contributed by atoms with Crippen LogP contribution in [0.2, 0.25) is 0 Å². The average Bonchev–Trinajstić information content (AvgIpc) is 2.53. The van der Waals surface area contributed by atoms with Crippen LogP contribution in [0.1, 0.15) is 17.2 Å². The Balaban J connectivity index is 0.00000364. The highest BCUT2D eigenvalue weighted by Crippen LogP contribution is 2.34. The summed E-state index contributed by atoms with van der Waals surface area (Å²) in [5.41, 5.74) is 6.10. The Kier molecular flexibility index (Phi) is 7.32. The van der Waals surface area contributed by atoms with Gasteiger partial charge in [-0.05, 0) is 23.8 Å². The molecule has 0 aromatic heterocycles. The first-order chi connectivity index (χ1) is 12.0. The number of hydrogen-bond donors (Lipinski definition) is 1. The lowest BCUT2D eigenvalue weighted by atomic mass is 9.98. The molecular weight excluding hydrogens is 407 g/mol. The summed E-state index contributed by atoms with van der Waals surface area (Å²) in [6, 6.07) is 8.26. The van der Waals surface area contributed by atoms with Gasteiger partial charge in [-0.2, -0.15) is 17.6 Å². The molecule has 0 aliphatic heterocycles. The summed E-state index contributed by atoms with van der Waals surface area (Å²) in [6.07, 6.45) is -13.6. The molecule has 0 saturated carbocycles. The Labute approximate surface area is 155 Å². The summed E-state index contributed by atoms with van der Waals surface area (Å²) >= 11 is 0. The molecule has 11 heteroatoms. The summed E-state index contributed by atoms with van der Waals surface area (Å²) in [4.78, 5) is 0. The first kappa shape index (κ1) is 22.8. The first-order valence-corrected chi connectivity index (χ1v) is 7.05. The predicted molar refractivity (Wildman–Crippen MR) is 84.4 cm³/mol. The van der Waals surface area contributed by atoms with Crippen LogP contribution in [-0.4, -0.2) is 18.9 Å². The molecule has 0 unspecified atom stereocenters. The van der Waals surface area contributed by atoms with Crippen molar-refractivity contribution in [3.63, 3.8) is 0 Å². The van der Waals surface area contributed by atoms with E-state index in [0.717, 1.165) is 18.2 Å². The van der Waals surface area contributed by atoms with E-state index in [1.54, 1.807) is 0 Å². The molecular formula is C16H13ClF7NO2. The van der Waals surface area contributed by atoms with Gasteiger partial charge in [0.15, 0.2) is 0 Å². The summed E-state index contributed by atoms with van der Waals surface area (Å²) < 4.78 is 95.2. The van der Waals surface area contributed by atoms with Crippen molar-refractivity contribution in [3.05, 3.63) is 59.7 Å². The molecule has 2 rings (SSSR count). The Hall–Kier alpha value is -2.20. The van der Waals surface area contributed by atoms with Crippen molar-refractivity contribution in [2.75, 3.05) is 0 Å². The summed E-state index contributed by atoms with van der Waals surface area (Å²) in [6.45, 7) is 0. The molecule has 150 valence electrons. The highest BCUT2D eigenvalue weighted by Gasteiger charge is 2.44. The third-order valence-electron chi connectivity index (χ3n) is 3.23. The minimum Gasteiger partial charge on any atom is -0.428 e. The van der Waals surface area contributed by atoms with Gasteiger partial charge in [0, 0.05) is 5.56 Å². The van der Waals surface area contributed by atoms with E-state index in [2.05, 4.69) is 9.47 Å². The van der Waals surface area contributed by atoms with Gasteiger partial charge in [0.25, 0.3) is 0 Å². The third-order valence-corrected chi connectivity index (χ3v) is 3.23. The SMILES string of the molecule is Cl.N[C@@H](c1ccc(OC(F)(F)F)cc1)c1ccccc1OC(F)(F)C(F)F. The van der Waals surface area contributed by atoms with Crippen molar-refractivity contribution in [2.24, 2.45) is 5.73 Å². The minimum absolute atomic E-state index is 0. The molecule has 2 aromatic rings. The molecule has 3 nitrogen and oxygen atoms in total. The second kappa shape index (κ2) is 8.66. The van der Waals surface area contributed by atoms with Crippen LogP contribution in [0.25, 0.3) is 0 Å². The molecule has 0 amide bonds. The van der Waals surface area contributed by atoms with E-state index < -0.39 is 36.4 Å². The van der Waals surface area contributed by atoms with Crippen LogP contribution >= 0.6 is 12.4 Å². The lowest BCUT2D eigenvalue weighted by molar-refractivity contribution is -0.274. The number of alkyl halides is 7. The minimum atomic E-state index is -4.87.